The van der Waals surface area contributed by atoms with Crippen LogP contribution in [0, 0.1) is 5.92 Å². The molecule has 0 unspecified atom stereocenters. The van der Waals surface area contributed by atoms with Gasteiger partial charge in [0.1, 0.15) is 5.75 Å². The zero-order valence-electron chi connectivity index (χ0n) is 10.1. The topological polar surface area (TPSA) is 32.7 Å². The first-order valence-corrected chi connectivity index (χ1v) is 6.43. The highest BCUT2D eigenvalue weighted by Crippen LogP contribution is 2.27. The van der Waals surface area contributed by atoms with Gasteiger partial charge in [-0.1, -0.05) is 12.1 Å². The van der Waals surface area contributed by atoms with Crippen molar-refractivity contribution in [2.75, 3.05) is 26.3 Å². The van der Waals surface area contributed by atoms with E-state index in [1.807, 2.05) is 0 Å². The molecule has 92 valence electrons. The van der Waals surface area contributed by atoms with Crippen molar-refractivity contribution in [2.24, 2.45) is 5.92 Å². The minimum atomic E-state index is 0.328. The van der Waals surface area contributed by atoms with Gasteiger partial charge in [0.2, 0.25) is 0 Å². The van der Waals surface area contributed by atoms with Gasteiger partial charge in [-0.05, 0) is 36.1 Å². The second-order valence-electron chi connectivity index (χ2n) is 5.11. The third kappa shape index (κ3) is 2.31. The molecule has 0 bridgehead atoms. The molecule has 0 aliphatic carbocycles. The Bertz CT molecular complexity index is 405. The van der Waals surface area contributed by atoms with E-state index in [0.29, 0.717) is 12.5 Å². The zero-order valence-corrected chi connectivity index (χ0v) is 10.1. The Hall–Kier alpha value is -1.06. The second kappa shape index (κ2) is 4.67. The summed E-state index contributed by atoms with van der Waals surface area (Å²) in [6, 6.07) is 6.53. The van der Waals surface area contributed by atoms with Crippen molar-refractivity contribution in [3.8, 4) is 5.75 Å². The lowest BCUT2D eigenvalue weighted by Gasteiger charge is -2.16. The van der Waals surface area contributed by atoms with Crippen LogP contribution in [0.5, 0.6) is 5.75 Å². The highest BCUT2D eigenvalue weighted by atomic mass is 16.5. The van der Waals surface area contributed by atoms with Crippen molar-refractivity contribution in [2.45, 2.75) is 19.4 Å². The fourth-order valence-electron chi connectivity index (χ4n) is 2.80. The van der Waals surface area contributed by atoms with Crippen LogP contribution >= 0.6 is 0 Å². The molecule has 0 radical (unpaired) electrons. The van der Waals surface area contributed by atoms with Gasteiger partial charge in [0.25, 0.3) is 0 Å². The lowest BCUT2D eigenvalue weighted by molar-refractivity contribution is 0.220. The van der Waals surface area contributed by atoms with Crippen LogP contribution in [0.25, 0.3) is 0 Å². The molecule has 0 amide bonds. The summed E-state index contributed by atoms with van der Waals surface area (Å²) in [5.41, 5.74) is 2.72. The van der Waals surface area contributed by atoms with E-state index in [4.69, 9.17) is 9.84 Å². The Morgan fingerprint density at radius 3 is 3.18 bits per heavy atom. The number of likely N-dealkylation sites (tertiary alicyclic amines) is 1. The molecule has 3 nitrogen and oxygen atoms in total. The van der Waals surface area contributed by atoms with E-state index in [1.54, 1.807) is 0 Å². The molecule has 0 aromatic heterocycles. The van der Waals surface area contributed by atoms with Gasteiger partial charge in [-0.25, -0.2) is 0 Å². The van der Waals surface area contributed by atoms with Crippen LogP contribution in [-0.2, 0) is 13.0 Å². The maximum absolute atomic E-state index is 9.13. The van der Waals surface area contributed by atoms with Gasteiger partial charge in [0.05, 0.1) is 6.61 Å². The molecule has 1 aromatic rings. The molecular weight excluding hydrogens is 214 g/mol. The number of rotatable bonds is 3. The molecule has 2 aliphatic heterocycles. The van der Waals surface area contributed by atoms with Crippen molar-refractivity contribution in [3.63, 3.8) is 0 Å². The number of hydrogen-bond donors (Lipinski definition) is 1. The van der Waals surface area contributed by atoms with Gasteiger partial charge in [-0.3, -0.25) is 4.90 Å². The normalized spacial score (nSPS) is 23.7. The monoisotopic (exact) mass is 233 g/mol. The molecule has 2 aliphatic rings. The number of aliphatic hydroxyl groups excluding tert-OH is 1. The summed E-state index contributed by atoms with van der Waals surface area (Å²) in [4.78, 5) is 2.43. The molecule has 1 atom stereocenters. The average molecular weight is 233 g/mol. The van der Waals surface area contributed by atoms with E-state index in [1.165, 1.54) is 11.1 Å². The van der Waals surface area contributed by atoms with Crippen LogP contribution in [0.4, 0.5) is 0 Å². The third-order valence-electron chi connectivity index (χ3n) is 3.79. The van der Waals surface area contributed by atoms with Crippen molar-refractivity contribution >= 4 is 0 Å². The Morgan fingerprint density at radius 1 is 1.41 bits per heavy atom. The van der Waals surface area contributed by atoms with Crippen LogP contribution in [-0.4, -0.2) is 36.3 Å². The predicted octanol–water partition coefficient (Wildman–Crippen LogP) is 1.44. The summed E-state index contributed by atoms with van der Waals surface area (Å²) in [5.74, 6) is 1.54. The summed E-state index contributed by atoms with van der Waals surface area (Å²) < 4.78 is 5.51. The number of benzene rings is 1. The first-order chi connectivity index (χ1) is 8.35. The maximum Gasteiger partial charge on any atom is 0.122 e. The SMILES string of the molecule is OC[C@@H]1CCN(Cc2ccc3c(c2)CCO3)C1. The quantitative estimate of drug-likeness (QED) is 0.857. The Morgan fingerprint density at radius 2 is 2.35 bits per heavy atom. The highest BCUT2D eigenvalue weighted by Gasteiger charge is 2.22. The Balaban J connectivity index is 1.65. The summed E-state index contributed by atoms with van der Waals surface area (Å²) in [7, 11) is 0. The fourth-order valence-corrected chi connectivity index (χ4v) is 2.80. The highest BCUT2D eigenvalue weighted by molar-refractivity contribution is 5.39. The number of fused-ring (bicyclic) bond motifs is 1. The fraction of sp³-hybridized carbons (Fsp3) is 0.571. The number of aliphatic hydroxyl groups is 1. The van der Waals surface area contributed by atoms with E-state index in [2.05, 4.69) is 23.1 Å². The Labute approximate surface area is 102 Å². The van der Waals surface area contributed by atoms with Gasteiger partial charge in [0, 0.05) is 26.1 Å². The summed E-state index contributed by atoms with van der Waals surface area (Å²) in [6.45, 7) is 4.30. The molecule has 3 heteroatoms. The zero-order chi connectivity index (χ0) is 11.7. The molecule has 17 heavy (non-hydrogen) atoms. The van der Waals surface area contributed by atoms with Gasteiger partial charge in [0.15, 0.2) is 0 Å². The van der Waals surface area contributed by atoms with Gasteiger partial charge < -0.3 is 9.84 Å². The third-order valence-corrected chi connectivity index (χ3v) is 3.79. The minimum absolute atomic E-state index is 0.328. The number of ether oxygens (including phenoxy) is 1. The smallest absolute Gasteiger partial charge is 0.122 e. The van der Waals surface area contributed by atoms with Crippen LogP contribution in [0.3, 0.4) is 0 Å². The number of hydrogen-bond acceptors (Lipinski definition) is 3. The number of nitrogens with zero attached hydrogens (tertiary/aromatic N) is 1. The lowest BCUT2D eigenvalue weighted by atomic mass is 10.1. The van der Waals surface area contributed by atoms with Crippen LogP contribution in [0.1, 0.15) is 17.5 Å². The van der Waals surface area contributed by atoms with E-state index < -0.39 is 0 Å². The Kier molecular flexibility index (Phi) is 3.04. The molecule has 1 saturated heterocycles. The second-order valence-corrected chi connectivity index (χ2v) is 5.11. The molecule has 1 fully saturated rings. The van der Waals surface area contributed by atoms with E-state index in [0.717, 1.165) is 44.8 Å². The molecule has 1 aromatic carbocycles. The van der Waals surface area contributed by atoms with Gasteiger partial charge in [-0.15, -0.1) is 0 Å². The standard InChI is InChI=1S/C14H19NO2/c16-10-12-3-5-15(9-12)8-11-1-2-14-13(7-11)4-6-17-14/h1-2,7,12,16H,3-6,8-10H2/t12-/m1/s1. The first kappa shape index (κ1) is 11.1. The minimum Gasteiger partial charge on any atom is -0.493 e. The van der Waals surface area contributed by atoms with Crippen LogP contribution < -0.4 is 4.74 Å². The van der Waals surface area contributed by atoms with Crippen molar-refractivity contribution in [3.05, 3.63) is 29.3 Å². The van der Waals surface area contributed by atoms with E-state index in [9.17, 15) is 0 Å². The molecule has 2 heterocycles. The van der Waals surface area contributed by atoms with Crippen molar-refractivity contribution in [1.82, 2.24) is 4.90 Å². The predicted molar refractivity (Wildman–Crippen MR) is 66.1 cm³/mol. The lowest BCUT2D eigenvalue weighted by Crippen LogP contribution is -2.20. The molecule has 0 saturated carbocycles. The summed E-state index contributed by atoms with van der Waals surface area (Å²) in [6.07, 6.45) is 2.17. The van der Waals surface area contributed by atoms with E-state index >= 15 is 0 Å². The first-order valence-electron chi connectivity index (χ1n) is 6.43. The van der Waals surface area contributed by atoms with Crippen molar-refractivity contribution < 1.29 is 9.84 Å². The summed E-state index contributed by atoms with van der Waals surface area (Å²) in [5, 5.41) is 9.13. The largest absolute Gasteiger partial charge is 0.493 e. The van der Waals surface area contributed by atoms with E-state index in [-0.39, 0.29) is 0 Å². The van der Waals surface area contributed by atoms with Gasteiger partial charge in [-0.2, -0.15) is 0 Å². The molecular formula is C14H19NO2. The van der Waals surface area contributed by atoms with Gasteiger partial charge >= 0.3 is 0 Å². The molecule has 1 N–H and O–H groups in total. The van der Waals surface area contributed by atoms with Crippen molar-refractivity contribution in [1.29, 1.82) is 0 Å². The average Bonchev–Trinajstić information content (AvgIpc) is 2.96. The van der Waals surface area contributed by atoms with Crippen LogP contribution in [0.2, 0.25) is 0 Å². The van der Waals surface area contributed by atoms with Crippen LogP contribution in [0.15, 0.2) is 18.2 Å². The molecule has 0 spiro atoms. The molecule has 3 rings (SSSR count). The maximum atomic E-state index is 9.13. The summed E-state index contributed by atoms with van der Waals surface area (Å²) >= 11 is 0.